The van der Waals surface area contributed by atoms with Crippen LogP contribution in [0.15, 0.2) is 18.2 Å². The van der Waals surface area contributed by atoms with Crippen molar-refractivity contribution in [3.8, 4) is 0 Å². The Balaban J connectivity index is 2.22. The molecular formula is C15H21F2N. The summed E-state index contributed by atoms with van der Waals surface area (Å²) in [6.07, 6.45) is 5.98. The molecule has 0 aliphatic heterocycles. The molecule has 0 bridgehead atoms. The molecule has 2 rings (SSSR count). The third-order valence-electron chi connectivity index (χ3n) is 3.84. The topological polar surface area (TPSA) is 12.0 Å². The number of hydrogen-bond donors (Lipinski definition) is 1. The molecule has 1 fully saturated rings. The number of hydrogen-bond acceptors (Lipinski definition) is 1. The number of rotatable bonds is 4. The molecule has 1 saturated carbocycles. The van der Waals surface area contributed by atoms with E-state index in [0.717, 1.165) is 25.5 Å². The van der Waals surface area contributed by atoms with Crippen LogP contribution in [-0.4, -0.2) is 6.54 Å². The van der Waals surface area contributed by atoms with E-state index in [1.165, 1.54) is 25.3 Å². The van der Waals surface area contributed by atoms with Gasteiger partial charge in [0.05, 0.1) is 0 Å². The summed E-state index contributed by atoms with van der Waals surface area (Å²) in [5.41, 5.74) is 0.616. The van der Waals surface area contributed by atoms with Crippen LogP contribution in [0.1, 0.15) is 50.6 Å². The largest absolute Gasteiger partial charge is 0.310 e. The van der Waals surface area contributed by atoms with E-state index in [4.69, 9.17) is 0 Å². The van der Waals surface area contributed by atoms with Crippen LogP contribution in [-0.2, 0) is 0 Å². The monoisotopic (exact) mass is 253 g/mol. The van der Waals surface area contributed by atoms with E-state index >= 15 is 0 Å². The van der Waals surface area contributed by atoms with Crippen molar-refractivity contribution in [2.75, 3.05) is 6.54 Å². The van der Waals surface area contributed by atoms with Crippen LogP contribution in [0.4, 0.5) is 8.78 Å². The second-order valence-electron chi connectivity index (χ2n) is 5.10. The summed E-state index contributed by atoms with van der Waals surface area (Å²) in [6.45, 7) is 2.83. The molecule has 1 aromatic rings. The molecule has 0 radical (unpaired) electrons. The summed E-state index contributed by atoms with van der Waals surface area (Å²) in [4.78, 5) is 0. The van der Waals surface area contributed by atoms with Crippen molar-refractivity contribution in [3.05, 3.63) is 35.4 Å². The Hall–Kier alpha value is -0.960. The molecule has 0 amide bonds. The molecule has 1 aliphatic carbocycles. The van der Waals surface area contributed by atoms with Gasteiger partial charge in [-0.2, -0.15) is 0 Å². The van der Waals surface area contributed by atoms with Gasteiger partial charge in [-0.15, -0.1) is 0 Å². The van der Waals surface area contributed by atoms with Crippen LogP contribution in [0.5, 0.6) is 0 Å². The highest BCUT2D eigenvalue weighted by Crippen LogP contribution is 2.35. The van der Waals surface area contributed by atoms with Gasteiger partial charge in [-0.1, -0.05) is 32.3 Å². The predicted octanol–water partition coefficient (Wildman–Crippen LogP) is 4.20. The standard InChI is InChI=1S/C15H21F2N/c1-2-18-15(11-6-4-3-5-7-11)13-9-8-12(16)10-14(13)17/h8-11,15,18H,2-7H2,1H3. The van der Waals surface area contributed by atoms with Crippen molar-refractivity contribution >= 4 is 0 Å². The van der Waals surface area contributed by atoms with E-state index in [1.807, 2.05) is 6.92 Å². The first-order valence-electron chi connectivity index (χ1n) is 6.90. The average molecular weight is 253 g/mol. The Morgan fingerprint density at radius 1 is 1.22 bits per heavy atom. The molecule has 1 atom stereocenters. The maximum absolute atomic E-state index is 13.9. The van der Waals surface area contributed by atoms with Gasteiger partial charge in [-0.05, 0) is 31.4 Å². The molecule has 0 spiro atoms. The Kier molecular flexibility index (Phi) is 4.70. The Morgan fingerprint density at radius 2 is 1.94 bits per heavy atom. The fourth-order valence-electron chi connectivity index (χ4n) is 2.97. The Labute approximate surface area is 108 Å². The van der Waals surface area contributed by atoms with Crippen molar-refractivity contribution in [2.45, 2.75) is 45.1 Å². The Bertz CT molecular complexity index is 386. The molecule has 100 valence electrons. The molecule has 1 unspecified atom stereocenters. The Morgan fingerprint density at radius 3 is 2.56 bits per heavy atom. The smallest absolute Gasteiger partial charge is 0.130 e. The first kappa shape index (κ1) is 13.5. The second-order valence-corrected chi connectivity index (χ2v) is 5.10. The van der Waals surface area contributed by atoms with Crippen molar-refractivity contribution in [1.82, 2.24) is 5.32 Å². The lowest BCUT2D eigenvalue weighted by Gasteiger charge is -2.31. The quantitative estimate of drug-likeness (QED) is 0.848. The zero-order valence-corrected chi connectivity index (χ0v) is 10.9. The van der Waals surface area contributed by atoms with Crippen LogP contribution < -0.4 is 5.32 Å². The SMILES string of the molecule is CCNC(c1ccc(F)cc1F)C1CCCCC1. The predicted molar refractivity (Wildman–Crippen MR) is 69.4 cm³/mol. The summed E-state index contributed by atoms with van der Waals surface area (Å²) in [6, 6.07) is 3.96. The van der Waals surface area contributed by atoms with Crippen LogP contribution in [0.25, 0.3) is 0 Å². The lowest BCUT2D eigenvalue weighted by atomic mass is 9.81. The minimum Gasteiger partial charge on any atom is -0.310 e. The molecule has 18 heavy (non-hydrogen) atoms. The molecule has 0 heterocycles. The van der Waals surface area contributed by atoms with Gasteiger partial charge in [0, 0.05) is 17.7 Å². The van der Waals surface area contributed by atoms with Gasteiger partial charge in [0.2, 0.25) is 0 Å². The third kappa shape index (κ3) is 3.08. The van der Waals surface area contributed by atoms with E-state index in [-0.39, 0.29) is 6.04 Å². The van der Waals surface area contributed by atoms with Crippen molar-refractivity contribution in [3.63, 3.8) is 0 Å². The van der Waals surface area contributed by atoms with E-state index in [9.17, 15) is 8.78 Å². The molecule has 1 N–H and O–H groups in total. The zero-order chi connectivity index (χ0) is 13.0. The van der Waals surface area contributed by atoms with Gasteiger partial charge in [0.15, 0.2) is 0 Å². The third-order valence-corrected chi connectivity index (χ3v) is 3.84. The molecule has 1 nitrogen and oxygen atoms in total. The van der Waals surface area contributed by atoms with Crippen molar-refractivity contribution in [1.29, 1.82) is 0 Å². The minimum absolute atomic E-state index is 0.0240. The zero-order valence-electron chi connectivity index (χ0n) is 10.9. The summed E-state index contributed by atoms with van der Waals surface area (Å²) in [7, 11) is 0. The highest BCUT2D eigenvalue weighted by molar-refractivity contribution is 5.23. The maximum atomic E-state index is 13.9. The van der Waals surface area contributed by atoms with Gasteiger partial charge in [-0.3, -0.25) is 0 Å². The average Bonchev–Trinajstić information content (AvgIpc) is 2.38. The fraction of sp³-hybridized carbons (Fsp3) is 0.600. The number of halogens is 2. The second kappa shape index (κ2) is 6.28. The van der Waals surface area contributed by atoms with E-state index < -0.39 is 11.6 Å². The van der Waals surface area contributed by atoms with Gasteiger partial charge in [0.1, 0.15) is 11.6 Å². The van der Waals surface area contributed by atoms with E-state index in [2.05, 4.69) is 5.32 Å². The van der Waals surface area contributed by atoms with Gasteiger partial charge >= 0.3 is 0 Å². The van der Waals surface area contributed by atoms with Crippen LogP contribution in [0.2, 0.25) is 0 Å². The highest BCUT2D eigenvalue weighted by Gasteiger charge is 2.26. The van der Waals surface area contributed by atoms with Gasteiger partial charge in [0.25, 0.3) is 0 Å². The molecule has 1 aromatic carbocycles. The highest BCUT2D eigenvalue weighted by atomic mass is 19.1. The van der Waals surface area contributed by atoms with Crippen LogP contribution in [0, 0.1) is 17.6 Å². The summed E-state index contributed by atoms with van der Waals surface area (Å²) in [5, 5.41) is 3.37. The molecular weight excluding hydrogens is 232 g/mol. The minimum atomic E-state index is -0.504. The first-order valence-corrected chi connectivity index (χ1v) is 6.90. The maximum Gasteiger partial charge on any atom is 0.130 e. The van der Waals surface area contributed by atoms with E-state index in [0.29, 0.717) is 11.5 Å². The molecule has 3 heteroatoms. The first-order chi connectivity index (χ1) is 8.72. The van der Waals surface area contributed by atoms with Crippen molar-refractivity contribution < 1.29 is 8.78 Å². The van der Waals surface area contributed by atoms with E-state index in [1.54, 1.807) is 6.07 Å². The summed E-state index contributed by atoms with van der Waals surface area (Å²) < 4.78 is 26.9. The summed E-state index contributed by atoms with van der Waals surface area (Å²) >= 11 is 0. The van der Waals surface area contributed by atoms with Crippen LogP contribution in [0.3, 0.4) is 0 Å². The molecule has 0 aromatic heterocycles. The number of benzene rings is 1. The van der Waals surface area contributed by atoms with Gasteiger partial charge < -0.3 is 5.32 Å². The molecule has 1 aliphatic rings. The van der Waals surface area contributed by atoms with Crippen molar-refractivity contribution in [2.24, 2.45) is 5.92 Å². The lowest BCUT2D eigenvalue weighted by molar-refractivity contribution is 0.269. The fourth-order valence-corrected chi connectivity index (χ4v) is 2.97. The van der Waals surface area contributed by atoms with Crippen LogP contribution >= 0.6 is 0 Å². The van der Waals surface area contributed by atoms with Gasteiger partial charge in [-0.25, -0.2) is 8.78 Å². The lowest BCUT2D eigenvalue weighted by Crippen LogP contribution is -2.30. The number of nitrogens with one attached hydrogen (secondary N) is 1. The molecule has 0 saturated heterocycles. The normalized spacial score (nSPS) is 18.8. The summed E-state index contributed by atoms with van der Waals surface area (Å²) in [5.74, 6) is -0.458.